The molecule has 2 aromatic carbocycles. The number of benzene rings is 2. The summed E-state index contributed by atoms with van der Waals surface area (Å²) in [5, 5.41) is 0. The first-order valence-corrected chi connectivity index (χ1v) is 15.1. The fraction of sp³-hybridized carbons (Fsp3) is 0.533. The maximum Gasteiger partial charge on any atom is 0.180 e. The molecule has 0 radical (unpaired) electrons. The first kappa shape index (κ1) is 26.7. The van der Waals surface area contributed by atoms with Crippen LogP contribution in [0.15, 0.2) is 53.4 Å². The lowest BCUT2D eigenvalue weighted by molar-refractivity contribution is 0.0652. The Labute approximate surface area is 218 Å². The van der Waals surface area contributed by atoms with E-state index in [9.17, 15) is 8.42 Å². The first-order valence-electron chi connectivity index (χ1n) is 13.4. The van der Waals surface area contributed by atoms with Gasteiger partial charge >= 0.3 is 0 Å². The molecule has 2 unspecified atom stereocenters. The number of para-hydroxylation sites is 1. The van der Waals surface area contributed by atoms with E-state index >= 15 is 0 Å². The standard InChI is InChI=1S/C30H42N2O3S/c1-6-7-8-9-10-11-21-36(33,34)26-14-12-13-24-22-28-32(29(24)26)30(2,3)27(35-28)20-17-23-15-18-25(19-16-23)31(4)5/h12-20,27-28H,6-11,21-22H2,1-5H3. The molecule has 4 rings (SSSR count). The molecule has 196 valence electrons. The lowest BCUT2D eigenvalue weighted by Crippen LogP contribution is -2.46. The molecule has 1 fully saturated rings. The summed E-state index contributed by atoms with van der Waals surface area (Å²) in [4.78, 5) is 4.78. The number of fused-ring (bicyclic) bond motifs is 3. The molecule has 0 N–H and O–H groups in total. The third-order valence-corrected chi connectivity index (χ3v) is 9.43. The van der Waals surface area contributed by atoms with Crippen molar-refractivity contribution in [1.82, 2.24) is 0 Å². The zero-order valence-corrected chi connectivity index (χ0v) is 23.4. The second kappa shape index (κ2) is 11.0. The van der Waals surface area contributed by atoms with E-state index in [1.807, 2.05) is 26.2 Å². The molecule has 2 aliphatic rings. The van der Waals surface area contributed by atoms with Crippen LogP contribution >= 0.6 is 0 Å². The van der Waals surface area contributed by atoms with Crippen LogP contribution < -0.4 is 9.80 Å². The highest BCUT2D eigenvalue weighted by atomic mass is 32.2. The largest absolute Gasteiger partial charge is 0.378 e. The molecule has 2 heterocycles. The van der Waals surface area contributed by atoms with Crippen molar-refractivity contribution >= 4 is 27.3 Å². The molecule has 0 spiro atoms. The number of ether oxygens (including phenoxy) is 1. The SMILES string of the molecule is CCCCCCCCS(=O)(=O)c1cccc2c1N1C(C2)OC(C=Cc2ccc(N(C)C)cc2)C1(C)C. The summed E-state index contributed by atoms with van der Waals surface area (Å²) in [5.41, 5.74) is 3.83. The Morgan fingerprint density at radius 2 is 1.72 bits per heavy atom. The zero-order chi connectivity index (χ0) is 25.9. The molecule has 2 aliphatic heterocycles. The van der Waals surface area contributed by atoms with Crippen molar-refractivity contribution < 1.29 is 13.2 Å². The molecule has 6 heteroatoms. The van der Waals surface area contributed by atoms with Gasteiger partial charge in [-0.3, -0.25) is 0 Å². The molecule has 5 nitrogen and oxygen atoms in total. The number of rotatable bonds is 11. The summed E-state index contributed by atoms with van der Waals surface area (Å²) in [6.45, 7) is 6.51. The van der Waals surface area contributed by atoms with Crippen LogP contribution in [-0.4, -0.2) is 46.1 Å². The second-order valence-corrected chi connectivity index (χ2v) is 13.0. The van der Waals surface area contributed by atoms with Gasteiger partial charge in [-0.05, 0) is 49.6 Å². The Balaban J connectivity index is 1.52. The average molecular weight is 511 g/mol. The minimum atomic E-state index is -3.37. The fourth-order valence-corrected chi connectivity index (χ4v) is 7.08. The number of nitrogens with zero attached hydrogens (tertiary/aromatic N) is 2. The summed E-state index contributed by atoms with van der Waals surface area (Å²) in [6, 6.07) is 14.2. The lowest BCUT2D eigenvalue weighted by atomic mass is 9.95. The van der Waals surface area contributed by atoms with Crippen LogP contribution in [-0.2, 0) is 21.0 Å². The predicted octanol–water partition coefficient (Wildman–Crippen LogP) is 6.47. The molecule has 0 amide bonds. The Kier molecular flexibility index (Phi) is 8.15. The Morgan fingerprint density at radius 3 is 2.42 bits per heavy atom. The number of hydrogen-bond acceptors (Lipinski definition) is 5. The van der Waals surface area contributed by atoms with Gasteiger partial charge in [-0.1, -0.05) is 75.4 Å². The van der Waals surface area contributed by atoms with Crippen molar-refractivity contribution in [3.8, 4) is 0 Å². The van der Waals surface area contributed by atoms with Crippen molar-refractivity contribution in [3.63, 3.8) is 0 Å². The molecule has 1 saturated heterocycles. The Bertz CT molecular complexity index is 1170. The van der Waals surface area contributed by atoms with E-state index < -0.39 is 9.84 Å². The highest BCUT2D eigenvalue weighted by Crippen LogP contribution is 2.48. The molecule has 0 saturated carbocycles. The molecule has 36 heavy (non-hydrogen) atoms. The van der Waals surface area contributed by atoms with E-state index in [2.05, 4.69) is 67.0 Å². The van der Waals surface area contributed by atoms with Gasteiger partial charge in [-0.2, -0.15) is 0 Å². The number of anilines is 2. The van der Waals surface area contributed by atoms with Gasteiger partial charge in [0.1, 0.15) is 12.3 Å². The number of hydrogen-bond donors (Lipinski definition) is 0. The summed E-state index contributed by atoms with van der Waals surface area (Å²) < 4.78 is 33.4. The molecular formula is C30H42N2O3S. The maximum absolute atomic E-state index is 13.5. The van der Waals surface area contributed by atoms with Gasteiger partial charge in [0.25, 0.3) is 0 Å². The third kappa shape index (κ3) is 5.50. The topological polar surface area (TPSA) is 49.9 Å². The van der Waals surface area contributed by atoms with E-state index in [-0.39, 0.29) is 23.6 Å². The summed E-state index contributed by atoms with van der Waals surface area (Å²) in [7, 11) is 0.699. The zero-order valence-electron chi connectivity index (χ0n) is 22.5. The second-order valence-electron chi connectivity index (χ2n) is 10.9. The smallest absolute Gasteiger partial charge is 0.180 e. The fourth-order valence-electron chi connectivity index (χ4n) is 5.47. The van der Waals surface area contributed by atoms with Crippen molar-refractivity contribution in [2.75, 3.05) is 29.6 Å². The Morgan fingerprint density at radius 1 is 1.03 bits per heavy atom. The van der Waals surface area contributed by atoms with Gasteiger partial charge in [0.05, 0.1) is 21.9 Å². The van der Waals surface area contributed by atoms with Crippen LogP contribution in [0.25, 0.3) is 6.08 Å². The van der Waals surface area contributed by atoms with E-state index in [1.54, 1.807) is 6.07 Å². The first-order chi connectivity index (χ1) is 17.1. The third-order valence-electron chi connectivity index (χ3n) is 7.60. The van der Waals surface area contributed by atoms with Crippen LogP contribution in [0, 0.1) is 0 Å². The van der Waals surface area contributed by atoms with Gasteiger partial charge in [-0.25, -0.2) is 8.42 Å². The molecule has 0 aromatic heterocycles. The van der Waals surface area contributed by atoms with Gasteiger partial charge in [0.15, 0.2) is 9.84 Å². The van der Waals surface area contributed by atoms with Crippen LogP contribution in [0.3, 0.4) is 0 Å². The van der Waals surface area contributed by atoms with Gasteiger partial charge in [0.2, 0.25) is 0 Å². The molecule has 0 aliphatic carbocycles. The van der Waals surface area contributed by atoms with Gasteiger partial charge in [-0.15, -0.1) is 0 Å². The summed E-state index contributed by atoms with van der Waals surface area (Å²) in [6.07, 6.45) is 11.1. The van der Waals surface area contributed by atoms with E-state index in [0.717, 1.165) is 41.8 Å². The molecular weight excluding hydrogens is 468 g/mol. The molecule has 2 aromatic rings. The molecule has 2 atom stereocenters. The maximum atomic E-state index is 13.5. The van der Waals surface area contributed by atoms with Crippen LogP contribution in [0.2, 0.25) is 0 Å². The van der Waals surface area contributed by atoms with E-state index in [4.69, 9.17) is 4.74 Å². The van der Waals surface area contributed by atoms with Gasteiger partial charge < -0.3 is 14.5 Å². The lowest BCUT2D eigenvalue weighted by Gasteiger charge is -2.35. The van der Waals surface area contributed by atoms with Crippen molar-refractivity contribution in [1.29, 1.82) is 0 Å². The van der Waals surface area contributed by atoms with Crippen molar-refractivity contribution in [2.24, 2.45) is 0 Å². The highest BCUT2D eigenvalue weighted by molar-refractivity contribution is 7.91. The van der Waals surface area contributed by atoms with Crippen LogP contribution in [0.5, 0.6) is 0 Å². The summed E-state index contributed by atoms with van der Waals surface area (Å²) in [5.74, 6) is 0.210. The van der Waals surface area contributed by atoms with Crippen molar-refractivity contribution in [2.45, 2.75) is 88.5 Å². The van der Waals surface area contributed by atoms with Crippen LogP contribution in [0.1, 0.15) is 70.4 Å². The summed E-state index contributed by atoms with van der Waals surface area (Å²) >= 11 is 0. The monoisotopic (exact) mass is 510 g/mol. The van der Waals surface area contributed by atoms with Crippen LogP contribution in [0.4, 0.5) is 11.4 Å². The quantitative estimate of drug-likeness (QED) is 0.325. The number of unbranched alkanes of at least 4 members (excludes halogenated alkanes) is 5. The minimum absolute atomic E-state index is 0.140. The predicted molar refractivity (Wildman–Crippen MR) is 151 cm³/mol. The Hall–Kier alpha value is -2.31. The highest BCUT2D eigenvalue weighted by Gasteiger charge is 2.52. The normalized spacial score (nSPS) is 20.6. The van der Waals surface area contributed by atoms with Crippen molar-refractivity contribution in [3.05, 3.63) is 59.7 Å². The van der Waals surface area contributed by atoms with E-state index in [0.29, 0.717) is 11.3 Å². The minimum Gasteiger partial charge on any atom is -0.378 e. The van der Waals surface area contributed by atoms with E-state index in [1.165, 1.54) is 19.3 Å². The number of sulfone groups is 1. The van der Waals surface area contributed by atoms with Gasteiger partial charge in [0, 0.05) is 26.2 Å². The molecule has 0 bridgehead atoms. The average Bonchev–Trinajstić information content (AvgIpc) is 3.33.